The number of piperazine rings is 1. The van der Waals surface area contributed by atoms with E-state index in [2.05, 4.69) is 54.5 Å². The minimum absolute atomic E-state index is 0.155. The van der Waals surface area contributed by atoms with Gasteiger partial charge in [0.25, 0.3) is 0 Å². The molecule has 4 heteroatoms. The lowest BCUT2D eigenvalue weighted by molar-refractivity contribution is -0.139. The molecule has 0 aromatic heterocycles. The first kappa shape index (κ1) is 18.9. The van der Waals surface area contributed by atoms with Crippen LogP contribution in [0, 0.1) is 5.92 Å². The van der Waals surface area contributed by atoms with Crippen molar-refractivity contribution in [1.82, 2.24) is 14.7 Å². The molecular weight excluding hydrogens is 298 g/mol. The molecular formula is C20H33N3O. The topological polar surface area (TPSA) is 26.8 Å². The first-order valence-corrected chi connectivity index (χ1v) is 9.36. The summed E-state index contributed by atoms with van der Waals surface area (Å²) in [6, 6.07) is 10.1. The van der Waals surface area contributed by atoms with E-state index in [9.17, 15) is 4.79 Å². The molecule has 0 bridgehead atoms. The molecule has 1 amide bonds. The zero-order valence-electron chi connectivity index (χ0n) is 15.7. The van der Waals surface area contributed by atoms with Crippen molar-refractivity contribution in [3.63, 3.8) is 0 Å². The minimum atomic E-state index is -0.155. The Morgan fingerprint density at radius 3 is 2.12 bits per heavy atom. The Kier molecular flexibility index (Phi) is 7.25. The number of benzene rings is 1. The van der Waals surface area contributed by atoms with Crippen LogP contribution in [0.1, 0.15) is 39.3 Å². The van der Waals surface area contributed by atoms with Crippen molar-refractivity contribution in [2.45, 2.75) is 33.7 Å². The van der Waals surface area contributed by atoms with Crippen LogP contribution >= 0.6 is 0 Å². The highest BCUT2D eigenvalue weighted by atomic mass is 16.2. The Hall–Kier alpha value is -1.39. The van der Waals surface area contributed by atoms with Crippen LogP contribution < -0.4 is 0 Å². The van der Waals surface area contributed by atoms with E-state index in [-0.39, 0.29) is 11.9 Å². The van der Waals surface area contributed by atoms with Gasteiger partial charge in [0.1, 0.15) is 6.04 Å². The summed E-state index contributed by atoms with van der Waals surface area (Å²) < 4.78 is 0. The summed E-state index contributed by atoms with van der Waals surface area (Å²) in [5.41, 5.74) is 1.11. The van der Waals surface area contributed by atoms with Crippen LogP contribution in [0.15, 0.2) is 30.3 Å². The van der Waals surface area contributed by atoms with Crippen molar-refractivity contribution in [3.05, 3.63) is 35.9 Å². The van der Waals surface area contributed by atoms with Crippen molar-refractivity contribution < 1.29 is 4.79 Å². The Morgan fingerprint density at radius 1 is 1.04 bits per heavy atom. The third-order valence-corrected chi connectivity index (χ3v) is 4.83. The molecule has 134 valence electrons. The van der Waals surface area contributed by atoms with Gasteiger partial charge < -0.3 is 4.90 Å². The molecule has 24 heavy (non-hydrogen) atoms. The fourth-order valence-electron chi connectivity index (χ4n) is 3.57. The van der Waals surface area contributed by atoms with Crippen LogP contribution in [-0.4, -0.2) is 66.4 Å². The van der Waals surface area contributed by atoms with Gasteiger partial charge in [0.15, 0.2) is 0 Å². The number of carbonyl (C=O) groups excluding carboxylic acids is 1. The highest BCUT2D eigenvalue weighted by Gasteiger charge is 2.31. The molecule has 1 unspecified atom stereocenters. The fourth-order valence-corrected chi connectivity index (χ4v) is 3.57. The van der Waals surface area contributed by atoms with Gasteiger partial charge in [-0.3, -0.25) is 14.6 Å². The highest BCUT2D eigenvalue weighted by Crippen LogP contribution is 2.23. The van der Waals surface area contributed by atoms with Crippen LogP contribution in [0.5, 0.6) is 0 Å². The summed E-state index contributed by atoms with van der Waals surface area (Å²) in [5.74, 6) is 0.939. The van der Waals surface area contributed by atoms with Crippen LogP contribution in [0.2, 0.25) is 0 Å². The van der Waals surface area contributed by atoms with E-state index < -0.39 is 0 Å². The summed E-state index contributed by atoms with van der Waals surface area (Å²) in [6.45, 7) is 15.3. The molecule has 0 aliphatic carbocycles. The summed E-state index contributed by atoms with van der Waals surface area (Å²) in [7, 11) is 0. The standard InChI is InChI=1S/C20H33N3O/c1-5-22(6-2)19(18-10-8-7-9-11-18)20(24)23-14-12-21(13-15-23)16-17(3)4/h7-11,17,19H,5-6,12-16H2,1-4H3. The molecule has 0 spiro atoms. The molecule has 1 aliphatic heterocycles. The second-order valence-electron chi connectivity index (χ2n) is 7.05. The molecule has 1 saturated heterocycles. The lowest BCUT2D eigenvalue weighted by Gasteiger charge is -2.39. The molecule has 0 N–H and O–H groups in total. The van der Waals surface area contributed by atoms with Crippen molar-refractivity contribution in [2.24, 2.45) is 5.92 Å². The largest absolute Gasteiger partial charge is 0.338 e. The average molecular weight is 332 g/mol. The minimum Gasteiger partial charge on any atom is -0.338 e. The molecule has 1 aliphatic rings. The SMILES string of the molecule is CCN(CC)C(C(=O)N1CCN(CC(C)C)CC1)c1ccccc1. The van der Waals surface area contributed by atoms with Gasteiger partial charge in [-0.1, -0.05) is 58.0 Å². The quantitative estimate of drug-likeness (QED) is 0.769. The van der Waals surface area contributed by atoms with Gasteiger partial charge in [0.05, 0.1) is 0 Å². The summed E-state index contributed by atoms with van der Waals surface area (Å²) in [4.78, 5) is 20.1. The van der Waals surface area contributed by atoms with Crippen molar-refractivity contribution in [2.75, 3.05) is 45.8 Å². The number of amides is 1. The van der Waals surface area contributed by atoms with E-state index in [1.54, 1.807) is 0 Å². The zero-order valence-corrected chi connectivity index (χ0v) is 15.7. The molecule has 1 aromatic carbocycles. The molecule has 1 aromatic rings. The first-order chi connectivity index (χ1) is 11.6. The summed E-state index contributed by atoms with van der Waals surface area (Å²) in [6.07, 6.45) is 0. The van der Waals surface area contributed by atoms with Crippen LogP contribution in [0.4, 0.5) is 0 Å². The highest BCUT2D eigenvalue weighted by molar-refractivity contribution is 5.83. The number of hydrogen-bond acceptors (Lipinski definition) is 3. The second kappa shape index (κ2) is 9.19. The van der Waals surface area contributed by atoms with Gasteiger partial charge in [-0.25, -0.2) is 0 Å². The van der Waals surface area contributed by atoms with E-state index in [0.29, 0.717) is 5.92 Å². The van der Waals surface area contributed by atoms with E-state index in [4.69, 9.17) is 0 Å². The normalized spacial score (nSPS) is 17.5. The maximum Gasteiger partial charge on any atom is 0.244 e. The molecule has 1 atom stereocenters. The maximum absolute atomic E-state index is 13.3. The molecule has 2 rings (SSSR count). The predicted molar refractivity (Wildman–Crippen MR) is 100.0 cm³/mol. The van der Waals surface area contributed by atoms with E-state index >= 15 is 0 Å². The Bertz CT molecular complexity index is 491. The third-order valence-electron chi connectivity index (χ3n) is 4.83. The average Bonchev–Trinajstić information content (AvgIpc) is 2.60. The predicted octanol–water partition coefficient (Wildman–Crippen LogP) is 2.87. The number of likely N-dealkylation sites (N-methyl/N-ethyl adjacent to an activating group) is 1. The summed E-state index contributed by atoms with van der Waals surface area (Å²) in [5, 5.41) is 0. The second-order valence-corrected chi connectivity index (χ2v) is 7.05. The van der Waals surface area contributed by atoms with Gasteiger partial charge in [-0.2, -0.15) is 0 Å². The van der Waals surface area contributed by atoms with Crippen molar-refractivity contribution in [1.29, 1.82) is 0 Å². The molecule has 4 nitrogen and oxygen atoms in total. The van der Waals surface area contributed by atoms with Gasteiger partial charge >= 0.3 is 0 Å². The third kappa shape index (κ3) is 4.81. The molecule has 0 radical (unpaired) electrons. The molecule has 1 fully saturated rings. The molecule has 1 heterocycles. The van der Waals surface area contributed by atoms with E-state index in [1.165, 1.54) is 0 Å². The van der Waals surface area contributed by atoms with Gasteiger partial charge in [0, 0.05) is 32.7 Å². The number of rotatable bonds is 7. The van der Waals surface area contributed by atoms with Crippen molar-refractivity contribution >= 4 is 5.91 Å². The monoisotopic (exact) mass is 331 g/mol. The number of carbonyl (C=O) groups is 1. The lowest BCUT2D eigenvalue weighted by Crippen LogP contribution is -2.52. The number of nitrogens with zero attached hydrogens (tertiary/aromatic N) is 3. The van der Waals surface area contributed by atoms with Crippen molar-refractivity contribution in [3.8, 4) is 0 Å². The van der Waals surface area contributed by atoms with E-state index in [0.717, 1.165) is 51.4 Å². The first-order valence-electron chi connectivity index (χ1n) is 9.36. The van der Waals surface area contributed by atoms with Crippen LogP contribution in [-0.2, 0) is 4.79 Å². The zero-order chi connectivity index (χ0) is 17.5. The van der Waals surface area contributed by atoms with E-state index in [1.807, 2.05) is 18.2 Å². The maximum atomic E-state index is 13.3. The van der Waals surface area contributed by atoms with Gasteiger partial charge in [-0.15, -0.1) is 0 Å². The fraction of sp³-hybridized carbons (Fsp3) is 0.650. The molecule has 0 saturated carbocycles. The van der Waals surface area contributed by atoms with Crippen LogP contribution in [0.25, 0.3) is 0 Å². The number of hydrogen-bond donors (Lipinski definition) is 0. The Balaban J connectivity index is 2.09. The van der Waals surface area contributed by atoms with Crippen LogP contribution in [0.3, 0.4) is 0 Å². The Morgan fingerprint density at radius 2 is 1.62 bits per heavy atom. The summed E-state index contributed by atoms with van der Waals surface area (Å²) >= 11 is 0. The van der Waals surface area contributed by atoms with Gasteiger partial charge in [0.2, 0.25) is 5.91 Å². The van der Waals surface area contributed by atoms with Gasteiger partial charge in [-0.05, 0) is 24.6 Å². The smallest absolute Gasteiger partial charge is 0.244 e. The Labute approximate surface area is 147 Å². The lowest BCUT2D eigenvalue weighted by atomic mass is 10.0.